The van der Waals surface area contributed by atoms with Crippen molar-refractivity contribution in [3.63, 3.8) is 0 Å². The van der Waals surface area contributed by atoms with Crippen molar-refractivity contribution in [3.8, 4) is 0 Å². The summed E-state index contributed by atoms with van der Waals surface area (Å²) in [5.74, 6) is -2.22. The lowest BCUT2D eigenvalue weighted by molar-refractivity contribution is 0.102. The zero-order valence-electron chi connectivity index (χ0n) is 8.82. The van der Waals surface area contributed by atoms with Crippen LogP contribution in [0.15, 0.2) is 35.2 Å². The number of benzene rings is 1. The molecular weight excluding hydrogens is 308 g/mol. The monoisotopic (exact) mass is 313 g/mol. The number of halogens is 3. The highest BCUT2D eigenvalue weighted by atomic mass is 79.9. The smallest absolute Gasteiger partial charge is 0.259 e. The van der Waals surface area contributed by atoms with E-state index in [-0.39, 0.29) is 11.4 Å². The van der Waals surface area contributed by atoms with Crippen LogP contribution in [0.4, 0.5) is 14.6 Å². The summed E-state index contributed by atoms with van der Waals surface area (Å²) in [6, 6.07) is 2.71. The lowest BCUT2D eigenvalue weighted by Crippen LogP contribution is -2.15. The van der Waals surface area contributed by atoms with Crippen LogP contribution >= 0.6 is 15.9 Å². The quantitative estimate of drug-likeness (QED) is 0.927. The van der Waals surface area contributed by atoms with E-state index in [2.05, 4.69) is 31.2 Å². The lowest BCUT2D eigenvalue weighted by Gasteiger charge is -2.04. The maximum atomic E-state index is 13.3. The molecule has 0 unspecified atom stereocenters. The molecule has 0 fully saturated rings. The van der Waals surface area contributed by atoms with Gasteiger partial charge in [-0.3, -0.25) is 4.79 Å². The molecule has 18 heavy (non-hydrogen) atoms. The molecule has 2 rings (SSSR count). The molecular formula is C11H6BrF2N3O. The number of hydrogen-bond donors (Lipinski definition) is 1. The Hall–Kier alpha value is -1.89. The fraction of sp³-hybridized carbons (Fsp3) is 0. The molecule has 1 amide bonds. The number of amides is 1. The maximum absolute atomic E-state index is 13.3. The van der Waals surface area contributed by atoms with E-state index in [1.54, 1.807) is 0 Å². The van der Waals surface area contributed by atoms with Crippen LogP contribution in [0.3, 0.4) is 0 Å². The van der Waals surface area contributed by atoms with Crippen molar-refractivity contribution in [1.82, 2.24) is 9.97 Å². The van der Waals surface area contributed by atoms with E-state index >= 15 is 0 Å². The first-order chi connectivity index (χ1) is 8.56. The molecule has 1 heterocycles. The molecule has 0 saturated carbocycles. The van der Waals surface area contributed by atoms with Crippen LogP contribution in [-0.4, -0.2) is 15.9 Å². The molecule has 0 saturated heterocycles. The van der Waals surface area contributed by atoms with E-state index < -0.39 is 17.5 Å². The average molecular weight is 314 g/mol. The van der Waals surface area contributed by atoms with Crippen LogP contribution in [0.5, 0.6) is 0 Å². The number of nitrogens with zero attached hydrogens (tertiary/aromatic N) is 2. The second kappa shape index (κ2) is 5.18. The largest absolute Gasteiger partial charge is 0.305 e. The van der Waals surface area contributed by atoms with E-state index in [1.165, 1.54) is 12.4 Å². The van der Waals surface area contributed by atoms with Crippen molar-refractivity contribution in [1.29, 1.82) is 0 Å². The predicted octanol–water partition coefficient (Wildman–Crippen LogP) is 2.77. The number of hydrogen-bond acceptors (Lipinski definition) is 3. The van der Waals surface area contributed by atoms with Crippen LogP contribution < -0.4 is 5.32 Å². The molecule has 0 radical (unpaired) electrons. The minimum absolute atomic E-state index is 0.173. The number of rotatable bonds is 2. The molecule has 92 valence electrons. The van der Waals surface area contributed by atoms with Crippen LogP contribution in [0, 0.1) is 11.6 Å². The van der Waals surface area contributed by atoms with Crippen molar-refractivity contribution in [2.24, 2.45) is 0 Å². The third kappa shape index (κ3) is 2.86. The van der Waals surface area contributed by atoms with E-state index in [0.29, 0.717) is 10.7 Å². The molecule has 0 spiro atoms. The zero-order chi connectivity index (χ0) is 13.1. The first-order valence-electron chi connectivity index (χ1n) is 4.80. The van der Waals surface area contributed by atoms with Gasteiger partial charge in [0, 0.05) is 6.07 Å². The van der Waals surface area contributed by atoms with Crippen LogP contribution in [0.1, 0.15) is 10.4 Å². The second-order valence-corrected chi connectivity index (χ2v) is 4.12. The molecule has 1 N–H and O–H groups in total. The third-order valence-corrected chi connectivity index (χ3v) is 2.45. The number of carbonyl (C=O) groups is 1. The summed E-state index contributed by atoms with van der Waals surface area (Å²) in [5, 5.41) is 2.35. The van der Waals surface area contributed by atoms with E-state index in [0.717, 1.165) is 12.1 Å². The average Bonchev–Trinajstić information content (AvgIpc) is 2.32. The predicted molar refractivity (Wildman–Crippen MR) is 64.0 cm³/mol. The standard InChI is InChI=1S/C11H6BrF2N3O/c12-9-4-16-10(5-15-9)17-11(18)7-2-1-6(13)3-8(7)14/h1-5H,(H,16,17,18). The molecule has 7 heteroatoms. The Bertz CT molecular complexity index is 589. The topological polar surface area (TPSA) is 54.9 Å². The molecule has 1 aromatic heterocycles. The maximum Gasteiger partial charge on any atom is 0.259 e. The summed E-state index contributed by atoms with van der Waals surface area (Å²) < 4.78 is 26.5. The van der Waals surface area contributed by atoms with Gasteiger partial charge in [0.05, 0.1) is 18.0 Å². The fourth-order valence-corrected chi connectivity index (χ4v) is 1.44. The van der Waals surface area contributed by atoms with Gasteiger partial charge in [0.25, 0.3) is 5.91 Å². The fourth-order valence-electron chi connectivity index (χ4n) is 1.23. The summed E-state index contributed by atoms with van der Waals surface area (Å²) in [4.78, 5) is 19.4. The highest BCUT2D eigenvalue weighted by molar-refractivity contribution is 9.10. The van der Waals surface area contributed by atoms with Crippen molar-refractivity contribution >= 4 is 27.7 Å². The molecule has 0 aliphatic carbocycles. The van der Waals surface area contributed by atoms with Crippen molar-refractivity contribution in [3.05, 3.63) is 52.4 Å². The van der Waals surface area contributed by atoms with Gasteiger partial charge < -0.3 is 5.32 Å². The molecule has 2 aromatic rings. The molecule has 0 bridgehead atoms. The van der Waals surface area contributed by atoms with Gasteiger partial charge in [-0.1, -0.05) is 0 Å². The highest BCUT2D eigenvalue weighted by Crippen LogP contribution is 2.12. The van der Waals surface area contributed by atoms with Crippen molar-refractivity contribution in [2.45, 2.75) is 0 Å². The van der Waals surface area contributed by atoms with Gasteiger partial charge in [0.1, 0.15) is 16.2 Å². The number of carbonyl (C=O) groups excluding carboxylic acids is 1. The van der Waals surface area contributed by atoms with Crippen LogP contribution in [0.25, 0.3) is 0 Å². The van der Waals surface area contributed by atoms with Crippen molar-refractivity contribution < 1.29 is 13.6 Å². The summed E-state index contributed by atoms with van der Waals surface area (Å²) in [6.45, 7) is 0. The first kappa shape index (κ1) is 12.6. The first-order valence-corrected chi connectivity index (χ1v) is 5.59. The molecule has 0 aliphatic rings. The Labute approximate surface area is 109 Å². The normalized spacial score (nSPS) is 10.2. The Morgan fingerprint density at radius 2 is 2.00 bits per heavy atom. The third-order valence-electron chi connectivity index (χ3n) is 2.04. The van der Waals surface area contributed by atoms with E-state index in [1.807, 2.05) is 0 Å². The van der Waals surface area contributed by atoms with Gasteiger partial charge in [0.15, 0.2) is 5.82 Å². The van der Waals surface area contributed by atoms with Gasteiger partial charge in [0.2, 0.25) is 0 Å². The summed E-state index contributed by atoms with van der Waals surface area (Å²) >= 11 is 3.09. The zero-order valence-corrected chi connectivity index (χ0v) is 10.4. The molecule has 0 atom stereocenters. The minimum Gasteiger partial charge on any atom is -0.305 e. The summed E-state index contributed by atoms with van der Waals surface area (Å²) in [7, 11) is 0. The van der Waals surface area contributed by atoms with Crippen LogP contribution in [-0.2, 0) is 0 Å². The SMILES string of the molecule is O=C(Nc1cnc(Br)cn1)c1ccc(F)cc1F. The van der Waals surface area contributed by atoms with Gasteiger partial charge in [-0.25, -0.2) is 18.7 Å². The minimum atomic E-state index is -0.933. The lowest BCUT2D eigenvalue weighted by atomic mass is 10.2. The van der Waals surface area contributed by atoms with Crippen LogP contribution in [0.2, 0.25) is 0 Å². The number of anilines is 1. The molecule has 4 nitrogen and oxygen atoms in total. The molecule has 0 aliphatic heterocycles. The second-order valence-electron chi connectivity index (χ2n) is 3.30. The Morgan fingerprint density at radius 3 is 2.61 bits per heavy atom. The number of nitrogens with one attached hydrogen (secondary N) is 1. The van der Waals surface area contributed by atoms with Gasteiger partial charge in [-0.05, 0) is 28.1 Å². The number of aromatic nitrogens is 2. The van der Waals surface area contributed by atoms with E-state index in [9.17, 15) is 13.6 Å². The Morgan fingerprint density at radius 1 is 1.22 bits per heavy atom. The highest BCUT2D eigenvalue weighted by Gasteiger charge is 2.13. The van der Waals surface area contributed by atoms with Gasteiger partial charge in [-0.2, -0.15) is 0 Å². The Kier molecular flexibility index (Phi) is 3.61. The van der Waals surface area contributed by atoms with Gasteiger partial charge in [-0.15, -0.1) is 0 Å². The van der Waals surface area contributed by atoms with Crippen molar-refractivity contribution in [2.75, 3.05) is 5.32 Å². The molecule has 1 aromatic carbocycles. The summed E-state index contributed by atoms with van der Waals surface area (Å²) in [5.41, 5.74) is -0.263. The van der Waals surface area contributed by atoms with Gasteiger partial charge >= 0.3 is 0 Å². The van der Waals surface area contributed by atoms with E-state index in [4.69, 9.17) is 0 Å². The Balaban J connectivity index is 2.19. The summed E-state index contributed by atoms with van der Waals surface area (Å²) in [6.07, 6.45) is 2.69.